The number of benzene rings is 2. The minimum Gasteiger partial charge on any atom is -0.493 e. The van der Waals surface area contributed by atoms with Crippen molar-refractivity contribution < 1.29 is 9.50 Å². The molecule has 0 unspecified atom stereocenters. The average molecular weight is 416 g/mol. The predicted molar refractivity (Wildman–Crippen MR) is 115 cm³/mol. The van der Waals surface area contributed by atoms with Crippen LogP contribution in [-0.4, -0.2) is 30.9 Å². The average Bonchev–Trinajstić information content (AvgIpc) is 3.20. The van der Waals surface area contributed by atoms with E-state index >= 15 is 0 Å². The third kappa shape index (κ3) is 4.10. The monoisotopic (exact) mass is 416 g/mol. The van der Waals surface area contributed by atoms with Crippen molar-refractivity contribution in [1.29, 1.82) is 5.41 Å². The number of hydrogen-bond acceptors (Lipinski definition) is 6. The maximum absolute atomic E-state index is 14.9. The van der Waals surface area contributed by atoms with Gasteiger partial charge in [-0.25, -0.2) is 13.8 Å². The van der Waals surface area contributed by atoms with Crippen LogP contribution in [0.4, 0.5) is 10.1 Å². The van der Waals surface area contributed by atoms with E-state index in [-0.39, 0.29) is 22.7 Å². The smallest absolute Gasteiger partial charge is 0.214 e. The van der Waals surface area contributed by atoms with Crippen LogP contribution < -0.4 is 10.7 Å². The molecule has 154 valence electrons. The third-order valence-corrected chi connectivity index (χ3v) is 4.41. The molecule has 4 aromatic rings. The molecule has 0 aliphatic carbocycles. The Morgan fingerprint density at radius 1 is 1.13 bits per heavy atom. The number of aromatic hydroxyl groups is 1. The Morgan fingerprint density at radius 2 is 1.94 bits per heavy atom. The molecule has 0 fully saturated rings. The second-order valence-corrected chi connectivity index (χ2v) is 6.45. The first-order valence-corrected chi connectivity index (χ1v) is 9.23. The molecule has 4 rings (SSSR count). The van der Waals surface area contributed by atoms with Crippen LogP contribution in [0, 0.1) is 11.2 Å². The molecule has 2 aromatic carbocycles. The number of aromatic nitrogens is 4. The van der Waals surface area contributed by atoms with Crippen LogP contribution in [0.3, 0.4) is 0 Å². The van der Waals surface area contributed by atoms with E-state index in [1.165, 1.54) is 52.1 Å². The van der Waals surface area contributed by atoms with E-state index in [1.807, 2.05) is 30.3 Å². The fourth-order valence-electron chi connectivity index (χ4n) is 2.98. The highest BCUT2D eigenvalue weighted by molar-refractivity contribution is 5.86. The topological polar surface area (TPSA) is 109 Å². The van der Waals surface area contributed by atoms with Crippen LogP contribution in [-0.2, 0) is 0 Å². The largest absolute Gasteiger partial charge is 0.493 e. The molecule has 0 aliphatic heterocycles. The molecular weight excluding hydrogens is 399 g/mol. The number of nitrogens with one attached hydrogen (secondary N) is 2. The minimum absolute atomic E-state index is 0.0306. The predicted octanol–water partition coefficient (Wildman–Crippen LogP) is 3.37. The van der Waals surface area contributed by atoms with Gasteiger partial charge in [0.1, 0.15) is 5.69 Å². The van der Waals surface area contributed by atoms with E-state index in [4.69, 9.17) is 5.41 Å². The van der Waals surface area contributed by atoms with Crippen molar-refractivity contribution in [2.24, 2.45) is 0 Å². The van der Waals surface area contributed by atoms with Crippen molar-refractivity contribution in [2.75, 3.05) is 5.32 Å². The molecule has 2 heterocycles. The molecule has 0 bridgehead atoms. The second-order valence-electron chi connectivity index (χ2n) is 6.45. The standard InChI is InChI=1S/C22H17FN6O2/c23-17-14-16(29-21(31)9-12-25-29)6-7-19(17)28-13-10-20(30)22(27-28)18(8-11-24)26-15-4-2-1-3-5-15/h1-14,24,26,31H/b18-8-,24-11?. The lowest BCUT2D eigenvalue weighted by molar-refractivity contribution is 0.433. The normalized spacial score (nSPS) is 11.3. The van der Waals surface area contributed by atoms with Gasteiger partial charge in [0, 0.05) is 36.3 Å². The molecule has 0 atom stereocenters. The van der Waals surface area contributed by atoms with Gasteiger partial charge in [-0.3, -0.25) is 4.79 Å². The molecule has 0 aliphatic rings. The summed E-state index contributed by atoms with van der Waals surface area (Å²) in [4.78, 5) is 12.5. The Kier molecular flexibility index (Phi) is 5.39. The maximum atomic E-state index is 14.9. The molecule has 31 heavy (non-hydrogen) atoms. The lowest BCUT2D eigenvalue weighted by Crippen LogP contribution is -2.19. The zero-order valence-electron chi connectivity index (χ0n) is 16.1. The van der Waals surface area contributed by atoms with Gasteiger partial charge >= 0.3 is 0 Å². The van der Waals surface area contributed by atoms with E-state index in [9.17, 15) is 14.3 Å². The Bertz CT molecular complexity index is 1330. The second kappa shape index (κ2) is 8.46. The van der Waals surface area contributed by atoms with Gasteiger partial charge in [0.2, 0.25) is 11.3 Å². The van der Waals surface area contributed by atoms with Crippen LogP contribution in [0.25, 0.3) is 17.1 Å². The summed E-state index contributed by atoms with van der Waals surface area (Å²) in [5.41, 5.74) is 1.10. The van der Waals surface area contributed by atoms with Crippen molar-refractivity contribution in [3.63, 3.8) is 0 Å². The lowest BCUT2D eigenvalue weighted by Gasteiger charge is -2.13. The molecule has 3 N–H and O–H groups in total. The van der Waals surface area contributed by atoms with Crippen molar-refractivity contribution >= 4 is 17.6 Å². The highest BCUT2D eigenvalue weighted by Crippen LogP contribution is 2.21. The van der Waals surface area contributed by atoms with E-state index in [0.29, 0.717) is 17.1 Å². The van der Waals surface area contributed by atoms with Crippen molar-refractivity contribution in [2.45, 2.75) is 0 Å². The minimum atomic E-state index is -0.622. The molecular formula is C22H17FN6O2. The summed E-state index contributed by atoms with van der Waals surface area (Å²) in [6.45, 7) is 0. The number of para-hydroxylation sites is 1. The SMILES string of the molecule is N=C/C=C(\Nc1ccccc1)c1nn(-c2ccc(-n3nccc3O)cc2F)ccc1=O. The lowest BCUT2D eigenvalue weighted by atomic mass is 10.2. The molecule has 0 spiro atoms. The van der Waals surface area contributed by atoms with Crippen LogP contribution >= 0.6 is 0 Å². The summed E-state index contributed by atoms with van der Waals surface area (Å²) in [5, 5.41) is 28.5. The number of anilines is 1. The number of allylic oxidation sites excluding steroid dienone is 1. The van der Waals surface area contributed by atoms with Gasteiger partial charge in [0.05, 0.1) is 17.6 Å². The van der Waals surface area contributed by atoms with Gasteiger partial charge in [-0.1, -0.05) is 18.2 Å². The Hall–Kier alpha value is -4.53. The molecule has 8 nitrogen and oxygen atoms in total. The number of hydrogen-bond donors (Lipinski definition) is 3. The highest BCUT2D eigenvalue weighted by atomic mass is 19.1. The quantitative estimate of drug-likeness (QED) is 0.418. The summed E-state index contributed by atoms with van der Waals surface area (Å²) >= 11 is 0. The van der Waals surface area contributed by atoms with Crippen LogP contribution in [0.15, 0.2) is 83.9 Å². The van der Waals surface area contributed by atoms with Crippen LogP contribution in [0.2, 0.25) is 0 Å². The first-order chi connectivity index (χ1) is 15.1. The molecule has 0 saturated carbocycles. The van der Waals surface area contributed by atoms with Gasteiger partial charge in [-0.05, 0) is 30.3 Å². The molecule has 2 aromatic heterocycles. The molecule has 0 amide bonds. The zero-order valence-corrected chi connectivity index (χ0v) is 16.1. The fraction of sp³-hybridized carbons (Fsp3) is 0. The zero-order chi connectivity index (χ0) is 21.8. The maximum Gasteiger partial charge on any atom is 0.214 e. The molecule has 0 saturated heterocycles. The number of nitrogens with zero attached hydrogens (tertiary/aromatic N) is 4. The first-order valence-electron chi connectivity index (χ1n) is 9.23. The summed E-state index contributed by atoms with van der Waals surface area (Å²) < 4.78 is 17.3. The number of rotatable bonds is 6. The number of halogens is 1. The summed E-state index contributed by atoms with van der Waals surface area (Å²) in [6, 6.07) is 16.0. The highest BCUT2D eigenvalue weighted by Gasteiger charge is 2.13. The summed E-state index contributed by atoms with van der Waals surface area (Å²) in [6.07, 6.45) is 5.20. The third-order valence-electron chi connectivity index (χ3n) is 4.41. The van der Waals surface area contributed by atoms with Gasteiger partial charge in [0.15, 0.2) is 11.5 Å². The van der Waals surface area contributed by atoms with Crippen LogP contribution in [0.1, 0.15) is 5.69 Å². The van der Waals surface area contributed by atoms with E-state index < -0.39 is 5.82 Å². The fourth-order valence-corrected chi connectivity index (χ4v) is 2.98. The summed E-state index contributed by atoms with van der Waals surface area (Å²) in [5.74, 6) is -0.743. The molecule has 9 heteroatoms. The van der Waals surface area contributed by atoms with Gasteiger partial charge in [0.25, 0.3) is 0 Å². The Balaban J connectivity index is 1.73. The van der Waals surface area contributed by atoms with Gasteiger partial charge < -0.3 is 15.8 Å². The Labute approximate surface area is 176 Å². The van der Waals surface area contributed by atoms with E-state index in [0.717, 1.165) is 6.21 Å². The first kappa shape index (κ1) is 19.8. The van der Waals surface area contributed by atoms with Crippen molar-refractivity contribution in [3.8, 4) is 17.3 Å². The Morgan fingerprint density at radius 3 is 2.61 bits per heavy atom. The van der Waals surface area contributed by atoms with E-state index in [1.54, 1.807) is 6.07 Å². The van der Waals surface area contributed by atoms with Crippen molar-refractivity contribution in [3.05, 3.63) is 101 Å². The van der Waals surface area contributed by atoms with E-state index in [2.05, 4.69) is 15.5 Å². The van der Waals surface area contributed by atoms with Crippen molar-refractivity contribution in [1.82, 2.24) is 19.6 Å². The molecule has 0 radical (unpaired) electrons. The van der Waals surface area contributed by atoms with Gasteiger partial charge in [-0.2, -0.15) is 10.2 Å². The summed E-state index contributed by atoms with van der Waals surface area (Å²) in [7, 11) is 0. The van der Waals surface area contributed by atoms with Crippen LogP contribution in [0.5, 0.6) is 5.88 Å². The van der Waals surface area contributed by atoms with Gasteiger partial charge in [-0.15, -0.1) is 0 Å².